The third-order valence-corrected chi connectivity index (χ3v) is 1.04. The Morgan fingerprint density at radius 2 is 2.09 bits per heavy atom. The summed E-state index contributed by atoms with van der Waals surface area (Å²) >= 11 is 0. The van der Waals surface area contributed by atoms with Crippen molar-refractivity contribution in [3.05, 3.63) is 36.5 Å². The van der Waals surface area contributed by atoms with Crippen molar-refractivity contribution in [1.29, 1.82) is 0 Å². The lowest BCUT2D eigenvalue weighted by Crippen LogP contribution is -2.02. The van der Waals surface area contributed by atoms with Crippen LogP contribution in [0, 0.1) is 0 Å². The molecule has 0 heterocycles. The number of esters is 1. The van der Waals surface area contributed by atoms with E-state index in [0.29, 0.717) is 5.57 Å². The zero-order valence-electron chi connectivity index (χ0n) is 6.89. The van der Waals surface area contributed by atoms with E-state index >= 15 is 0 Å². The number of rotatable bonds is 3. The molecule has 2 heteroatoms. The van der Waals surface area contributed by atoms with Gasteiger partial charge in [0.15, 0.2) is 0 Å². The second-order valence-electron chi connectivity index (χ2n) is 2.14. The number of hydrogen-bond acceptors (Lipinski definition) is 2. The quantitative estimate of drug-likeness (QED) is 0.350. The zero-order chi connectivity index (χ0) is 8.85. The van der Waals surface area contributed by atoms with E-state index in [1.165, 1.54) is 13.2 Å². The maximum absolute atomic E-state index is 10.9. The predicted molar refractivity (Wildman–Crippen MR) is 45.1 cm³/mol. The van der Waals surface area contributed by atoms with E-state index in [4.69, 9.17) is 0 Å². The average Bonchev–Trinajstić information content (AvgIpc) is 1.98. The van der Waals surface area contributed by atoms with Crippen molar-refractivity contribution in [2.45, 2.75) is 6.92 Å². The molecule has 0 unspecified atom stereocenters. The van der Waals surface area contributed by atoms with Gasteiger partial charge < -0.3 is 4.74 Å². The van der Waals surface area contributed by atoms with E-state index < -0.39 is 0 Å². The number of methoxy groups -OCH3 is 1. The van der Waals surface area contributed by atoms with Gasteiger partial charge in [0, 0.05) is 0 Å². The zero-order valence-corrected chi connectivity index (χ0v) is 6.89. The van der Waals surface area contributed by atoms with Crippen molar-refractivity contribution in [2.24, 2.45) is 0 Å². The Morgan fingerprint density at radius 1 is 1.55 bits per heavy atom. The normalized spacial score (nSPS) is 10.5. The Labute approximate surface area is 66.9 Å². The van der Waals surface area contributed by atoms with Crippen LogP contribution < -0.4 is 0 Å². The maximum atomic E-state index is 10.9. The van der Waals surface area contributed by atoms with E-state index in [0.717, 1.165) is 5.57 Å². The van der Waals surface area contributed by atoms with Gasteiger partial charge in [-0.25, -0.2) is 4.79 Å². The molecule has 0 aromatic heterocycles. The molecule has 0 radical (unpaired) electrons. The molecule has 0 aliphatic heterocycles. The molecule has 0 saturated carbocycles. The number of hydrogen-bond donors (Lipinski definition) is 0. The number of carbonyl (C=O) groups excluding carboxylic acids is 1. The van der Waals surface area contributed by atoms with Crippen molar-refractivity contribution in [1.82, 2.24) is 0 Å². The summed E-state index contributed by atoms with van der Waals surface area (Å²) in [5.41, 5.74) is 1.23. The first-order valence-corrected chi connectivity index (χ1v) is 3.19. The lowest BCUT2D eigenvalue weighted by molar-refractivity contribution is -0.135. The van der Waals surface area contributed by atoms with Gasteiger partial charge in [-0.3, -0.25) is 0 Å². The molecule has 0 aromatic rings. The first-order chi connectivity index (χ1) is 5.11. The largest absolute Gasteiger partial charge is 0.465 e. The van der Waals surface area contributed by atoms with Gasteiger partial charge in [-0.2, -0.15) is 0 Å². The number of allylic oxidation sites excluding steroid dienone is 2. The molecule has 60 valence electrons. The van der Waals surface area contributed by atoms with Crippen LogP contribution in [0.5, 0.6) is 0 Å². The molecule has 0 atom stereocenters. The lowest BCUT2D eigenvalue weighted by atomic mass is 10.2. The van der Waals surface area contributed by atoms with E-state index in [1.807, 2.05) is 0 Å². The van der Waals surface area contributed by atoms with Gasteiger partial charge in [0.2, 0.25) is 0 Å². The van der Waals surface area contributed by atoms with Gasteiger partial charge in [0.05, 0.1) is 12.7 Å². The summed E-state index contributed by atoms with van der Waals surface area (Å²) in [5.74, 6) is -0.386. The van der Waals surface area contributed by atoms with Crippen molar-refractivity contribution in [2.75, 3.05) is 7.11 Å². The van der Waals surface area contributed by atoms with Crippen LogP contribution in [0.1, 0.15) is 6.92 Å². The number of carbonyl (C=O) groups is 1. The highest BCUT2D eigenvalue weighted by molar-refractivity contribution is 5.91. The van der Waals surface area contributed by atoms with E-state index in [-0.39, 0.29) is 5.97 Å². The van der Waals surface area contributed by atoms with Crippen molar-refractivity contribution in [3.8, 4) is 0 Å². The van der Waals surface area contributed by atoms with Gasteiger partial charge >= 0.3 is 5.97 Å². The van der Waals surface area contributed by atoms with Crippen LogP contribution in [0.4, 0.5) is 0 Å². The third kappa shape index (κ3) is 3.40. The lowest BCUT2D eigenvalue weighted by Gasteiger charge is -1.97. The summed E-state index contributed by atoms with van der Waals surface area (Å²) in [6.45, 7) is 8.90. The molecule has 0 aliphatic rings. The van der Waals surface area contributed by atoms with Gasteiger partial charge in [-0.15, -0.1) is 0 Å². The molecule has 0 saturated heterocycles. The fourth-order valence-corrected chi connectivity index (χ4v) is 0.584. The first-order valence-electron chi connectivity index (χ1n) is 3.19. The summed E-state index contributed by atoms with van der Waals surface area (Å²) in [6, 6.07) is 0. The van der Waals surface area contributed by atoms with Crippen LogP contribution in [-0.2, 0) is 9.53 Å². The molecule has 0 fully saturated rings. The molecule has 0 spiro atoms. The van der Waals surface area contributed by atoms with Gasteiger partial charge in [0.1, 0.15) is 0 Å². The molecule has 0 N–H and O–H groups in total. The highest BCUT2D eigenvalue weighted by Gasteiger charge is 2.03. The van der Waals surface area contributed by atoms with Crippen LogP contribution in [0.2, 0.25) is 0 Å². The molecule has 0 bridgehead atoms. The average molecular weight is 152 g/mol. The Hall–Kier alpha value is -1.31. The maximum Gasteiger partial charge on any atom is 0.337 e. The Kier molecular flexibility index (Phi) is 3.96. The van der Waals surface area contributed by atoms with Crippen molar-refractivity contribution < 1.29 is 9.53 Å². The van der Waals surface area contributed by atoms with Crippen LogP contribution >= 0.6 is 0 Å². The van der Waals surface area contributed by atoms with Crippen LogP contribution in [0.15, 0.2) is 36.5 Å². The highest BCUT2D eigenvalue weighted by Crippen LogP contribution is 2.02. The Morgan fingerprint density at radius 3 is 2.36 bits per heavy atom. The number of ether oxygens (including phenoxy) is 1. The standard InChI is InChI=1S/C9H12O2/c1-5-8(6-7(2)3)9(10)11-4/h5-6H,1-2H2,3-4H3/b8-6+. The first kappa shape index (κ1) is 9.69. The second kappa shape index (κ2) is 4.50. The molecule has 0 aliphatic carbocycles. The highest BCUT2D eigenvalue weighted by atomic mass is 16.5. The topological polar surface area (TPSA) is 26.3 Å². The summed E-state index contributed by atoms with van der Waals surface area (Å²) in [5, 5.41) is 0. The smallest absolute Gasteiger partial charge is 0.337 e. The minimum absolute atomic E-state index is 0.386. The molecule has 2 nitrogen and oxygen atoms in total. The predicted octanol–water partition coefficient (Wildman–Crippen LogP) is 1.85. The second-order valence-corrected chi connectivity index (χ2v) is 2.14. The monoisotopic (exact) mass is 152 g/mol. The van der Waals surface area contributed by atoms with E-state index in [1.54, 1.807) is 13.0 Å². The Bertz CT molecular complexity index is 212. The molecular formula is C9H12O2. The molecule has 0 aromatic carbocycles. The van der Waals surface area contributed by atoms with Gasteiger partial charge in [0.25, 0.3) is 0 Å². The summed E-state index contributed by atoms with van der Waals surface area (Å²) in [4.78, 5) is 10.9. The molecule has 0 rings (SSSR count). The van der Waals surface area contributed by atoms with Gasteiger partial charge in [-0.05, 0) is 13.0 Å². The minimum Gasteiger partial charge on any atom is -0.465 e. The van der Waals surface area contributed by atoms with Crippen molar-refractivity contribution in [3.63, 3.8) is 0 Å². The Balaban J connectivity index is 4.52. The molecule has 0 amide bonds. The summed E-state index contributed by atoms with van der Waals surface area (Å²) in [7, 11) is 1.33. The van der Waals surface area contributed by atoms with Crippen LogP contribution in [-0.4, -0.2) is 13.1 Å². The summed E-state index contributed by atoms with van der Waals surface area (Å²) < 4.78 is 4.48. The fourth-order valence-electron chi connectivity index (χ4n) is 0.584. The van der Waals surface area contributed by atoms with E-state index in [9.17, 15) is 4.79 Å². The van der Waals surface area contributed by atoms with E-state index in [2.05, 4.69) is 17.9 Å². The van der Waals surface area contributed by atoms with Crippen LogP contribution in [0.25, 0.3) is 0 Å². The fraction of sp³-hybridized carbons (Fsp3) is 0.222. The van der Waals surface area contributed by atoms with Crippen molar-refractivity contribution >= 4 is 5.97 Å². The van der Waals surface area contributed by atoms with Gasteiger partial charge in [-0.1, -0.05) is 24.8 Å². The van der Waals surface area contributed by atoms with Crippen LogP contribution in [0.3, 0.4) is 0 Å². The summed E-state index contributed by atoms with van der Waals surface area (Å²) in [6.07, 6.45) is 3.07. The minimum atomic E-state index is -0.386. The third-order valence-electron chi connectivity index (χ3n) is 1.04. The molecule has 11 heavy (non-hydrogen) atoms. The SMILES string of the molecule is C=C/C(=C\C(=C)C)C(=O)OC. The molecular weight excluding hydrogens is 140 g/mol.